The van der Waals surface area contributed by atoms with E-state index in [4.69, 9.17) is 11.6 Å². The van der Waals surface area contributed by atoms with Crippen LogP contribution in [-0.2, 0) is 0 Å². The Kier molecular flexibility index (Phi) is 4.99. The molecular formula is C14H17ClN4O3. The summed E-state index contributed by atoms with van der Waals surface area (Å²) >= 11 is 5.84. The Morgan fingerprint density at radius 1 is 1.45 bits per heavy atom. The van der Waals surface area contributed by atoms with E-state index in [1.807, 2.05) is 19.0 Å². The van der Waals surface area contributed by atoms with Crippen LogP contribution in [-0.4, -0.2) is 52.5 Å². The highest BCUT2D eigenvalue weighted by molar-refractivity contribution is 6.30. The van der Waals surface area contributed by atoms with Crippen LogP contribution in [0, 0.1) is 0 Å². The van der Waals surface area contributed by atoms with Crippen LogP contribution in [0.4, 0.5) is 0 Å². The van der Waals surface area contributed by atoms with Crippen LogP contribution in [0.25, 0.3) is 5.65 Å². The first kappa shape index (κ1) is 16.3. The number of halogens is 1. The zero-order valence-electron chi connectivity index (χ0n) is 12.3. The van der Waals surface area contributed by atoms with Gasteiger partial charge in [0.1, 0.15) is 5.65 Å². The second-order valence-corrected chi connectivity index (χ2v) is 5.54. The van der Waals surface area contributed by atoms with E-state index in [0.717, 1.165) is 17.4 Å². The van der Waals surface area contributed by atoms with Gasteiger partial charge in [0.2, 0.25) is 5.88 Å². The van der Waals surface area contributed by atoms with Gasteiger partial charge >= 0.3 is 0 Å². The van der Waals surface area contributed by atoms with E-state index in [1.165, 1.54) is 12.3 Å². The largest absolute Gasteiger partial charge is 0.493 e. The molecule has 7 nitrogen and oxygen atoms in total. The summed E-state index contributed by atoms with van der Waals surface area (Å²) in [6.45, 7) is 1.20. The second-order valence-electron chi connectivity index (χ2n) is 5.10. The number of amides is 1. The maximum absolute atomic E-state index is 12.3. The van der Waals surface area contributed by atoms with E-state index in [1.54, 1.807) is 6.07 Å². The third kappa shape index (κ3) is 3.55. The van der Waals surface area contributed by atoms with Crippen molar-refractivity contribution in [3.05, 3.63) is 39.3 Å². The predicted molar refractivity (Wildman–Crippen MR) is 83.6 cm³/mol. The molecule has 0 unspecified atom stereocenters. The number of nitrogens with one attached hydrogen (secondary N) is 1. The molecular weight excluding hydrogens is 308 g/mol. The minimum atomic E-state index is -0.657. The first-order chi connectivity index (χ1) is 10.4. The van der Waals surface area contributed by atoms with Crippen molar-refractivity contribution in [2.24, 2.45) is 0 Å². The molecule has 0 bridgehead atoms. The van der Waals surface area contributed by atoms with Gasteiger partial charge in [0.25, 0.3) is 11.5 Å². The fraction of sp³-hybridized carbons (Fsp3) is 0.357. The Balaban J connectivity index is 2.27. The number of hydrogen-bond donors (Lipinski definition) is 2. The lowest BCUT2D eigenvalue weighted by molar-refractivity contribution is 0.0947. The van der Waals surface area contributed by atoms with Crippen molar-refractivity contribution in [1.29, 1.82) is 0 Å². The maximum atomic E-state index is 12.3. The van der Waals surface area contributed by atoms with E-state index in [9.17, 15) is 14.7 Å². The number of aromatic nitrogens is 2. The summed E-state index contributed by atoms with van der Waals surface area (Å²) in [6.07, 6.45) is 2.09. The van der Waals surface area contributed by atoms with Crippen LogP contribution in [0.2, 0.25) is 5.02 Å². The van der Waals surface area contributed by atoms with E-state index >= 15 is 0 Å². The summed E-state index contributed by atoms with van der Waals surface area (Å²) in [5.74, 6) is -1.24. The quantitative estimate of drug-likeness (QED) is 0.792. The monoisotopic (exact) mass is 324 g/mol. The summed E-state index contributed by atoms with van der Waals surface area (Å²) in [5.41, 5.74) is -0.823. The van der Waals surface area contributed by atoms with Crippen LogP contribution in [0.1, 0.15) is 16.8 Å². The van der Waals surface area contributed by atoms with Crippen molar-refractivity contribution in [2.45, 2.75) is 6.42 Å². The van der Waals surface area contributed by atoms with Gasteiger partial charge in [0.05, 0.1) is 5.02 Å². The van der Waals surface area contributed by atoms with E-state index in [-0.39, 0.29) is 11.2 Å². The maximum Gasteiger partial charge on any atom is 0.274 e. The summed E-state index contributed by atoms with van der Waals surface area (Å²) in [5, 5.41) is 12.8. The Hall–Kier alpha value is -2.12. The zero-order valence-corrected chi connectivity index (χ0v) is 13.1. The highest BCUT2D eigenvalue weighted by atomic mass is 35.5. The van der Waals surface area contributed by atoms with E-state index in [2.05, 4.69) is 10.3 Å². The molecule has 8 heteroatoms. The number of pyridine rings is 1. The molecule has 0 aliphatic carbocycles. The average Bonchev–Trinajstić information content (AvgIpc) is 2.44. The molecule has 118 valence electrons. The molecule has 0 aliphatic rings. The Morgan fingerprint density at radius 2 is 2.18 bits per heavy atom. The Bertz CT molecular complexity index is 758. The van der Waals surface area contributed by atoms with Gasteiger partial charge in [-0.1, -0.05) is 11.6 Å². The molecule has 0 atom stereocenters. The number of aromatic hydroxyl groups is 1. The molecule has 22 heavy (non-hydrogen) atoms. The SMILES string of the molecule is CN(C)CCCNC(=O)c1c(O)nc2ccc(Cl)cn2c1=O. The Morgan fingerprint density at radius 3 is 2.86 bits per heavy atom. The van der Waals surface area contributed by atoms with Gasteiger partial charge in [0, 0.05) is 12.7 Å². The van der Waals surface area contributed by atoms with Gasteiger partial charge in [-0.25, -0.2) is 0 Å². The van der Waals surface area contributed by atoms with Crippen molar-refractivity contribution < 1.29 is 9.90 Å². The van der Waals surface area contributed by atoms with Gasteiger partial charge in [-0.15, -0.1) is 0 Å². The highest BCUT2D eigenvalue weighted by Crippen LogP contribution is 2.14. The van der Waals surface area contributed by atoms with Crippen molar-refractivity contribution in [3.63, 3.8) is 0 Å². The molecule has 0 saturated carbocycles. The molecule has 2 N–H and O–H groups in total. The standard InChI is InChI=1S/C14H17ClN4O3/c1-18(2)7-3-6-16-12(20)11-13(21)17-10-5-4-9(15)8-19(10)14(11)22/h4-5,8,21H,3,6-7H2,1-2H3,(H,16,20). The fourth-order valence-electron chi connectivity index (χ4n) is 1.99. The summed E-state index contributed by atoms with van der Waals surface area (Å²) in [4.78, 5) is 30.2. The van der Waals surface area contributed by atoms with E-state index < -0.39 is 17.3 Å². The molecule has 2 aromatic rings. The number of carbonyl (C=O) groups excluding carboxylic acids is 1. The van der Waals surface area contributed by atoms with Crippen LogP contribution in [0.3, 0.4) is 0 Å². The van der Waals surface area contributed by atoms with Crippen molar-refractivity contribution in [1.82, 2.24) is 19.6 Å². The van der Waals surface area contributed by atoms with Crippen LogP contribution in [0.15, 0.2) is 23.1 Å². The van der Waals surface area contributed by atoms with Crippen LogP contribution < -0.4 is 10.9 Å². The lowest BCUT2D eigenvalue weighted by Gasteiger charge is -2.10. The lowest BCUT2D eigenvalue weighted by atomic mass is 10.2. The highest BCUT2D eigenvalue weighted by Gasteiger charge is 2.19. The number of hydrogen-bond acceptors (Lipinski definition) is 5. The van der Waals surface area contributed by atoms with Crippen molar-refractivity contribution in [3.8, 4) is 5.88 Å². The molecule has 2 aromatic heterocycles. The van der Waals surface area contributed by atoms with Gasteiger partial charge < -0.3 is 15.3 Å². The zero-order chi connectivity index (χ0) is 16.3. The molecule has 2 heterocycles. The molecule has 0 saturated heterocycles. The number of nitrogens with zero attached hydrogens (tertiary/aromatic N) is 3. The van der Waals surface area contributed by atoms with Crippen molar-refractivity contribution >= 4 is 23.2 Å². The molecule has 0 spiro atoms. The molecule has 2 rings (SSSR count). The molecule has 0 fully saturated rings. The Labute approximate surface area is 132 Å². The van der Waals surface area contributed by atoms with Gasteiger partial charge in [-0.3, -0.25) is 14.0 Å². The number of fused-ring (bicyclic) bond motifs is 1. The topological polar surface area (TPSA) is 86.9 Å². The molecule has 0 aliphatic heterocycles. The third-order valence-electron chi connectivity index (χ3n) is 3.06. The van der Waals surface area contributed by atoms with Crippen molar-refractivity contribution in [2.75, 3.05) is 27.2 Å². The van der Waals surface area contributed by atoms with Crippen LogP contribution >= 0.6 is 11.6 Å². The smallest absolute Gasteiger partial charge is 0.274 e. The first-order valence-corrected chi connectivity index (χ1v) is 7.11. The molecule has 0 radical (unpaired) electrons. The lowest BCUT2D eigenvalue weighted by Crippen LogP contribution is -2.33. The van der Waals surface area contributed by atoms with Gasteiger partial charge in [-0.2, -0.15) is 4.98 Å². The predicted octanol–water partition coefficient (Wildman–Crippen LogP) is 0.735. The number of rotatable bonds is 5. The second kappa shape index (κ2) is 6.76. The van der Waals surface area contributed by atoms with Gasteiger partial charge in [-0.05, 0) is 39.2 Å². The van der Waals surface area contributed by atoms with Crippen LogP contribution in [0.5, 0.6) is 5.88 Å². The minimum absolute atomic E-state index is 0.219. The normalized spacial score (nSPS) is 11.1. The first-order valence-electron chi connectivity index (χ1n) is 6.74. The summed E-state index contributed by atoms with van der Waals surface area (Å²) < 4.78 is 1.14. The third-order valence-corrected chi connectivity index (χ3v) is 3.29. The average molecular weight is 325 g/mol. The van der Waals surface area contributed by atoms with Gasteiger partial charge in [0.15, 0.2) is 5.56 Å². The summed E-state index contributed by atoms with van der Waals surface area (Å²) in [6, 6.07) is 3.03. The minimum Gasteiger partial charge on any atom is -0.493 e. The molecule has 1 amide bonds. The molecule has 0 aromatic carbocycles. The summed E-state index contributed by atoms with van der Waals surface area (Å²) in [7, 11) is 3.86. The fourth-order valence-corrected chi connectivity index (χ4v) is 2.15. The van der Waals surface area contributed by atoms with E-state index in [0.29, 0.717) is 11.6 Å². The number of carbonyl (C=O) groups is 1.